The van der Waals surface area contributed by atoms with Gasteiger partial charge in [0.2, 0.25) is 0 Å². The third-order valence-corrected chi connectivity index (χ3v) is 8.39. The van der Waals surface area contributed by atoms with Crippen LogP contribution in [0, 0.1) is 17.2 Å². The fourth-order valence-electron chi connectivity index (χ4n) is 6.16. The minimum atomic E-state index is -0.372. The maximum Gasteiger partial charge on any atom is 0.0845 e. The lowest BCUT2D eigenvalue weighted by Crippen LogP contribution is -2.47. The summed E-state index contributed by atoms with van der Waals surface area (Å²) in [5.41, 5.74) is 2.33. The van der Waals surface area contributed by atoms with Crippen LogP contribution in [0.1, 0.15) is 69.4 Å². The van der Waals surface area contributed by atoms with E-state index < -0.39 is 0 Å². The van der Waals surface area contributed by atoms with Crippen LogP contribution in [0.15, 0.2) is 60.7 Å². The van der Waals surface area contributed by atoms with E-state index in [9.17, 15) is 5.26 Å². The molecule has 0 N–H and O–H groups in total. The van der Waals surface area contributed by atoms with Crippen LogP contribution in [-0.2, 0) is 5.41 Å². The molecule has 2 aromatic carbocycles. The molecular formula is C30H41N3. The molecule has 0 aliphatic carbocycles. The first kappa shape index (κ1) is 24.0. The second-order valence-electron chi connectivity index (χ2n) is 10.5. The molecule has 2 aromatic rings. The molecule has 2 aliphatic heterocycles. The first-order valence-corrected chi connectivity index (χ1v) is 13.1. The Morgan fingerprint density at radius 1 is 0.879 bits per heavy atom. The highest BCUT2D eigenvalue weighted by Gasteiger charge is 2.36. The van der Waals surface area contributed by atoms with E-state index in [2.05, 4.69) is 84.3 Å². The number of likely N-dealkylation sites (tertiary alicyclic amines) is 2. The van der Waals surface area contributed by atoms with Crippen molar-refractivity contribution >= 4 is 0 Å². The number of nitriles is 1. The molecular weight excluding hydrogens is 402 g/mol. The first-order valence-electron chi connectivity index (χ1n) is 13.1. The number of piperidine rings is 2. The standard InChI is InChI=1S/C30H41N3/c1-25(2)30(24-31,28-12-7-4-8-13-28)18-9-19-32-20-16-29(17-21-32)33-22-14-27(15-23-33)26-10-5-3-6-11-26/h3-8,10-13,25,27,29H,9,14-23H2,1-2H3. The summed E-state index contributed by atoms with van der Waals surface area (Å²) in [5.74, 6) is 1.06. The summed E-state index contributed by atoms with van der Waals surface area (Å²) in [4.78, 5) is 5.41. The van der Waals surface area contributed by atoms with Crippen molar-refractivity contribution in [1.29, 1.82) is 5.26 Å². The zero-order valence-corrected chi connectivity index (χ0v) is 20.6. The van der Waals surface area contributed by atoms with Crippen LogP contribution in [0.25, 0.3) is 0 Å². The van der Waals surface area contributed by atoms with Crippen molar-refractivity contribution in [2.75, 3.05) is 32.7 Å². The van der Waals surface area contributed by atoms with Crippen LogP contribution < -0.4 is 0 Å². The number of nitrogens with zero attached hydrogens (tertiary/aromatic N) is 3. The lowest BCUT2D eigenvalue weighted by atomic mass is 9.70. The molecule has 176 valence electrons. The van der Waals surface area contributed by atoms with Gasteiger partial charge in [-0.1, -0.05) is 74.5 Å². The van der Waals surface area contributed by atoms with E-state index in [-0.39, 0.29) is 5.41 Å². The highest BCUT2D eigenvalue weighted by atomic mass is 15.2. The predicted octanol–water partition coefficient (Wildman–Crippen LogP) is 6.23. The van der Waals surface area contributed by atoms with Gasteiger partial charge in [-0.15, -0.1) is 0 Å². The molecule has 2 saturated heterocycles. The van der Waals surface area contributed by atoms with Crippen molar-refractivity contribution in [3.05, 3.63) is 71.8 Å². The minimum Gasteiger partial charge on any atom is -0.303 e. The normalized spacial score (nSPS) is 21.0. The molecule has 3 nitrogen and oxygen atoms in total. The maximum atomic E-state index is 10.1. The second kappa shape index (κ2) is 11.3. The van der Waals surface area contributed by atoms with Crippen molar-refractivity contribution in [2.45, 2.75) is 69.7 Å². The Morgan fingerprint density at radius 3 is 2.06 bits per heavy atom. The highest BCUT2D eigenvalue weighted by Crippen LogP contribution is 2.37. The predicted molar refractivity (Wildman–Crippen MR) is 137 cm³/mol. The van der Waals surface area contributed by atoms with Gasteiger partial charge >= 0.3 is 0 Å². The number of hydrogen-bond acceptors (Lipinski definition) is 3. The summed E-state index contributed by atoms with van der Waals surface area (Å²) in [5, 5.41) is 10.1. The van der Waals surface area contributed by atoms with Gasteiger partial charge in [-0.3, -0.25) is 0 Å². The average molecular weight is 444 g/mol. The highest BCUT2D eigenvalue weighted by molar-refractivity contribution is 5.33. The number of rotatable bonds is 8. The summed E-state index contributed by atoms with van der Waals surface area (Å²) in [6.07, 6.45) is 7.22. The van der Waals surface area contributed by atoms with Crippen molar-refractivity contribution in [1.82, 2.24) is 9.80 Å². The molecule has 0 radical (unpaired) electrons. The van der Waals surface area contributed by atoms with Gasteiger partial charge in [0, 0.05) is 6.04 Å². The van der Waals surface area contributed by atoms with Crippen molar-refractivity contribution < 1.29 is 0 Å². The lowest BCUT2D eigenvalue weighted by molar-refractivity contribution is 0.0858. The molecule has 4 rings (SSSR count). The molecule has 0 aromatic heterocycles. The Balaban J connectivity index is 1.22. The largest absolute Gasteiger partial charge is 0.303 e. The molecule has 0 amide bonds. The molecule has 0 spiro atoms. The molecule has 33 heavy (non-hydrogen) atoms. The molecule has 3 heteroatoms. The van der Waals surface area contributed by atoms with Crippen LogP contribution >= 0.6 is 0 Å². The van der Waals surface area contributed by atoms with Gasteiger partial charge in [0.05, 0.1) is 11.5 Å². The average Bonchev–Trinajstić information content (AvgIpc) is 2.88. The molecule has 1 atom stereocenters. The van der Waals surface area contributed by atoms with E-state index in [1.165, 1.54) is 63.0 Å². The zero-order chi connectivity index (χ0) is 23.1. The van der Waals surface area contributed by atoms with E-state index in [1.807, 2.05) is 6.07 Å². The Kier molecular flexibility index (Phi) is 8.23. The SMILES string of the molecule is CC(C)C(C#N)(CCCN1CCC(N2CCC(c3ccccc3)CC2)CC1)c1ccccc1. The third-order valence-electron chi connectivity index (χ3n) is 8.39. The quantitative estimate of drug-likeness (QED) is 0.484. The van der Waals surface area contributed by atoms with Crippen molar-refractivity contribution in [3.63, 3.8) is 0 Å². The molecule has 0 bridgehead atoms. The topological polar surface area (TPSA) is 30.3 Å². The van der Waals surface area contributed by atoms with Crippen LogP contribution in [0.4, 0.5) is 0 Å². The van der Waals surface area contributed by atoms with Gasteiger partial charge in [-0.2, -0.15) is 5.26 Å². The summed E-state index contributed by atoms with van der Waals surface area (Å²) in [7, 11) is 0. The molecule has 2 fully saturated rings. The summed E-state index contributed by atoms with van der Waals surface area (Å²) < 4.78 is 0. The number of benzene rings is 2. The van der Waals surface area contributed by atoms with E-state index >= 15 is 0 Å². The summed E-state index contributed by atoms with van der Waals surface area (Å²) in [6, 6.07) is 25.0. The van der Waals surface area contributed by atoms with Crippen LogP contribution in [-0.4, -0.2) is 48.6 Å². The summed E-state index contributed by atoms with van der Waals surface area (Å²) >= 11 is 0. The Hall–Kier alpha value is -2.15. The van der Waals surface area contributed by atoms with Crippen LogP contribution in [0.3, 0.4) is 0 Å². The molecule has 2 aliphatic rings. The summed E-state index contributed by atoms with van der Waals surface area (Å²) in [6.45, 7) is 10.4. The van der Waals surface area contributed by atoms with E-state index in [0.717, 1.165) is 31.3 Å². The van der Waals surface area contributed by atoms with Crippen LogP contribution in [0.5, 0.6) is 0 Å². The van der Waals surface area contributed by atoms with Gasteiger partial charge in [-0.25, -0.2) is 0 Å². The van der Waals surface area contributed by atoms with Crippen LogP contribution in [0.2, 0.25) is 0 Å². The van der Waals surface area contributed by atoms with Gasteiger partial charge in [-0.05, 0) is 94.2 Å². The fourth-order valence-corrected chi connectivity index (χ4v) is 6.16. The molecule has 1 unspecified atom stereocenters. The monoisotopic (exact) mass is 443 g/mol. The Morgan fingerprint density at radius 2 is 1.48 bits per heavy atom. The molecule has 0 saturated carbocycles. The zero-order valence-electron chi connectivity index (χ0n) is 20.6. The fraction of sp³-hybridized carbons (Fsp3) is 0.567. The van der Waals surface area contributed by atoms with Gasteiger partial charge in [0.1, 0.15) is 0 Å². The smallest absolute Gasteiger partial charge is 0.0845 e. The van der Waals surface area contributed by atoms with Gasteiger partial charge in [0.25, 0.3) is 0 Å². The van der Waals surface area contributed by atoms with E-state index in [4.69, 9.17) is 0 Å². The van der Waals surface area contributed by atoms with Crippen molar-refractivity contribution in [2.24, 2.45) is 5.92 Å². The maximum absolute atomic E-state index is 10.1. The van der Waals surface area contributed by atoms with E-state index in [0.29, 0.717) is 5.92 Å². The number of hydrogen-bond donors (Lipinski definition) is 0. The third kappa shape index (κ3) is 5.68. The first-order chi connectivity index (χ1) is 16.1. The Bertz CT molecular complexity index is 872. The van der Waals surface area contributed by atoms with Gasteiger partial charge in [0.15, 0.2) is 0 Å². The van der Waals surface area contributed by atoms with Crippen molar-refractivity contribution in [3.8, 4) is 6.07 Å². The lowest BCUT2D eigenvalue weighted by Gasteiger charge is -2.42. The van der Waals surface area contributed by atoms with E-state index in [1.54, 1.807) is 0 Å². The Labute approximate surface area is 201 Å². The van der Waals surface area contributed by atoms with Gasteiger partial charge < -0.3 is 9.80 Å². The molecule has 2 heterocycles. The minimum absolute atomic E-state index is 0.314. The second-order valence-corrected chi connectivity index (χ2v) is 10.5.